The van der Waals surface area contributed by atoms with Gasteiger partial charge >= 0.3 is 0 Å². The van der Waals surface area contributed by atoms with Crippen molar-refractivity contribution in [2.24, 2.45) is 0 Å². The van der Waals surface area contributed by atoms with E-state index in [1.165, 1.54) is 5.56 Å². The first-order valence-corrected chi connectivity index (χ1v) is 5.68. The highest BCUT2D eigenvalue weighted by molar-refractivity contribution is 7.99. The molecule has 0 radical (unpaired) electrons. The van der Waals surface area contributed by atoms with Crippen molar-refractivity contribution >= 4 is 29.1 Å². The molecule has 0 atom stereocenters. The van der Waals surface area contributed by atoms with Crippen LogP contribution in [0.15, 0.2) is 18.2 Å². The van der Waals surface area contributed by atoms with Crippen LogP contribution in [0.25, 0.3) is 0 Å². The molecular formula is C10H14ClNS. The van der Waals surface area contributed by atoms with E-state index >= 15 is 0 Å². The predicted octanol–water partition coefficient (Wildman–Crippen LogP) is 3.56. The predicted molar refractivity (Wildman–Crippen MR) is 62.3 cm³/mol. The van der Waals surface area contributed by atoms with Crippen LogP contribution in [-0.2, 0) is 5.75 Å². The third-order valence-electron chi connectivity index (χ3n) is 1.65. The molecule has 0 spiro atoms. The van der Waals surface area contributed by atoms with E-state index in [1.54, 1.807) is 0 Å². The van der Waals surface area contributed by atoms with Gasteiger partial charge in [0, 0.05) is 5.75 Å². The molecule has 2 N–H and O–H groups in total. The highest BCUT2D eigenvalue weighted by atomic mass is 35.5. The average Bonchev–Trinajstić information content (AvgIpc) is 2.07. The highest BCUT2D eigenvalue weighted by Gasteiger charge is 2.00. The van der Waals surface area contributed by atoms with Gasteiger partial charge in [-0.05, 0) is 22.9 Å². The second-order valence-corrected chi connectivity index (χ2v) is 5.19. The van der Waals surface area contributed by atoms with Gasteiger partial charge in [0.1, 0.15) is 0 Å². The van der Waals surface area contributed by atoms with Crippen LogP contribution in [0.2, 0.25) is 5.02 Å². The van der Waals surface area contributed by atoms with E-state index in [0.717, 1.165) is 5.75 Å². The van der Waals surface area contributed by atoms with Gasteiger partial charge in [0.2, 0.25) is 0 Å². The topological polar surface area (TPSA) is 26.0 Å². The Morgan fingerprint density at radius 1 is 1.46 bits per heavy atom. The summed E-state index contributed by atoms with van der Waals surface area (Å²) in [5.41, 5.74) is 7.49. The van der Waals surface area contributed by atoms with Crippen LogP contribution in [-0.4, -0.2) is 5.25 Å². The number of rotatable bonds is 3. The van der Waals surface area contributed by atoms with Crippen molar-refractivity contribution in [3.63, 3.8) is 0 Å². The minimum Gasteiger partial charge on any atom is -0.398 e. The zero-order valence-corrected chi connectivity index (χ0v) is 9.45. The van der Waals surface area contributed by atoms with Gasteiger partial charge in [0.15, 0.2) is 0 Å². The molecule has 0 aliphatic carbocycles. The number of nitrogens with two attached hydrogens (primary N) is 1. The van der Waals surface area contributed by atoms with Crippen LogP contribution in [0.3, 0.4) is 0 Å². The molecule has 0 aliphatic rings. The zero-order chi connectivity index (χ0) is 9.84. The Morgan fingerprint density at radius 3 is 2.69 bits per heavy atom. The summed E-state index contributed by atoms with van der Waals surface area (Å²) in [5.74, 6) is 0.998. The smallest absolute Gasteiger partial charge is 0.0638 e. The highest BCUT2D eigenvalue weighted by Crippen LogP contribution is 2.23. The first kappa shape index (κ1) is 10.7. The molecule has 1 aromatic rings. The van der Waals surface area contributed by atoms with Crippen molar-refractivity contribution < 1.29 is 0 Å². The average molecular weight is 216 g/mol. The first-order valence-electron chi connectivity index (χ1n) is 4.25. The molecule has 13 heavy (non-hydrogen) atoms. The summed E-state index contributed by atoms with van der Waals surface area (Å²) in [6, 6.07) is 5.82. The Morgan fingerprint density at radius 2 is 2.15 bits per heavy atom. The van der Waals surface area contributed by atoms with Gasteiger partial charge < -0.3 is 5.73 Å². The Bertz CT molecular complexity index is 286. The third-order valence-corrected chi connectivity index (χ3v) is 3.14. The Kier molecular flexibility index (Phi) is 3.94. The van der Waals surface area contributed by atoms with Crippen molar-refractivity contribution in [1.29, 1.82) is 0 Å². The summed E-state index contributed by atoms with van der Waals surface area (Å²) < 4.78 is 0. The largest absolute Gasteiger partial charge is 0.398 e. The van der Waals surface area contributed by atoms with Gasteiger partial charge in [-0.1, -0.05) is 31.5 Å². The quantitative estimate of drug-likeness (QED) is 0.781. The van der Waals surface area contributed by atoms with Gasteiger partial charge in [-0.2, -0.15) is 11.8 Å². The maximum atomic E-state index is 5.89. The Hall–Kier alpha value is -0.340. The number of thioether (sulfide) groups is 1. The number of hydrogen-bond donors (Lipinski definition) is 1. The number of halogens is 1. The van der Waals surface area contributed by atoms with Gasteiger partial charge in [-0.3, -0.25) is 0 Å². The molecule has 1 rings (SSSR count). The molecule has 0 bridgehead atoms. The molecule has 3 heteroatoms. The fourth-order valence-corrected chi connectivity index (χ4v) is 1.83. The monoisotopic (exact) mass is 215 g/mol. The summed E-state index contributed by atoms with van der Waals surface area (Å²) in [7, 11) is 0. The van der Waals surface area contributed by atoms with E-state index in [-0.39, 0.29) is 0 Å². The second kappa shape index (κ2) is 4.77. The number of hydrogen-bond acceptors (Lipinski definition) is 2. The summed E-state index contributed by atoms with van der Waals surface area (Å²) >= 11 is 7.79. The molecule has 0 aliphatic heterocycles. The number of nitrogen functional groups attached to an aromatic ring is 1. The zero-order valence-electron chi connectivity index (χ0n) is 7.88. The first-order chi connectivity index (χ1) is 6.09. The molecule has 0 unspecified atom stereocenters. The Balaban J connectivity index is 2.63. The van der Waals surface area contributed by atoms with E-state index in [0.29, 0.717) is 16.0 Å². The second-order valence-electron chi connectivity index (χ2n) is 3.22. The van der Waals surface area contributed by atoms with E-state index in [2.05, 4.69) is 13.8 Å². The van der Waals surface area contributed by atoms with Crippen molar-refractivity contribution in [2.45, 2.75) is 24.9 Å². The summed E-state index contributed by atoms with van der Waals surface area (Å²) in [4.78, 5) is 0. The fourth-order valence-electron chi connectivity index (χ4n) is 0.923. The lowest BCUT2D eigenvalue weighted by molar-refractivity contribution is 1.11. The normalized spacial score (nSPS) is 10.8. The molecule has 0 heterocycles. The summed E-state index contributed by atoms with van der Waals surface area (Å²) in [6.07, 6.45) is 0. The van der Waals surface area contributed by atoms with E-state index < -0.39 is 0 Å². The van der Waals surface area contributed by atoms with Crippen molar-refractivity contribution in [2.75, 3.05) is 5.73 Å². The fraction of sp³-hybridized carbons (Fsp3) is 0.400. The lowest BCUT2D eigenvalue weighted by atomic mass is 10.2. The molecule has 0 aromatic heterocycles. The van der Waals surface area contributed by atoms with Gasteiger partial charge in [0.05, 0.1) is 10.7 Å². The number of anilines is 1. The number of benzene rings is 1. The minimum absolute atomic E-state index is 0.649. The van der Waals surface area contributed by atoms with Crippen molar-refractivity contribution in [3.8, 4) is 0 Å². The lowest BCUT2D eigenvalue weighted by Gasteiger charge is -2.06. The van der Waals surface area contributed by atoms with E-state index in [9.17, 15) is 0 Å². The van der Waals surface area contributed by atoms with E-state index in [1.807, 2.05) is 30.0 Å². The van der Waals surface area contributed by atoms with Crippen LogP contribution < -0.4 is 5.73 Å². The van der Waals surface area contributed by atoms with Crippen LogP contribution in [0.4, 0.5) is 5.69 Å². The van der Waals surface area contributed by atoms with E-state index in [4.69, 9.17) is 17.3 Å². The van der Waals surface area contributed by atoms with Crippen LogP contribution in [0.1, 0.15) is 19.4 Å². The van der Waals surface area contributed by atoms with Crippen molar-refractivity contribution in [1.82, 2.24) is 0 Å². The van der Waals surface area contributed by atoms with Crippen LogP contribution >= 0.6 is 23.4 Å². The standard InChI is InChI=1S/C10H14ClNS/c1-7(2)13-6-8-3-4-10(12)9(11)5-8/h3-5,7H,6,12H2,1-2H3. The molecule has 0 saturated heterocycles. The Labute approximate surface area is 88.7 Å². The van der Waals surface area contributed by atoms with Crippen LogP contribution in [0, 0.1) is 0 Å². The van der Waals surface area contributed by atoms with Gasteiger partial charge in [0.25, 0.3) is 0 Å². The van der Waals surface area contributed by atoms with Gasteiger partial charge in [-0.25, -0.2) is 0 Å². The third kappa shape index (κ3) is 3.49. The molecule has 1 aromatic carbocycles. The lowest BCUT2D eigenvalue weighted by Crippen LogP contribution is -1.91. The maximum Gasteiger partial charge on any atom is 0.0638 e. The minimum atomic E-state index is 0.649. The molecule has 0 fully saturated rings. The molecular weight excluding hydrogens is 202 g/mol. The maximum absolute atomic E-state index is 5.89. The molecule has 0 amide bonds. The van der Waals surface area contributed by atoms with Crippen molar-refractivity contribution in [3.05, 3.63) is 28.8 Å². The van der Waals surface area contributed by atoms with Crippen LogP contribution in [0.5, 0.6) is 0 Å². The summed E-state index contributed by atoms with van der Waals surface area (Å²) in [5, 5.41) is 1.30. The molecule has 1 nitrogen and oxygen atoms in total. The van der Waals surface area contributed by atoms with Gasteiger partial charge in [-0.15, -0.1) is 0 Å². The SMILES string of the molecule is CC(C)SCc1ccc(N)c(Cl)c1. The molecule has 0 saturated carbocycles. The summed E-state index contributed by atoms with van der Waals surface area (Å²) in [6.45, 7) is 4.37. The molecule has 72 valence electrons.